The molecule has 0 unspecified atom stereocenters. The minimum absolute atomic E-state index is 0.0897. The number of hydrogen-bond donors (Lipinski definition) is 2. The van der Waals surface area contributed by atoms with Crippen molar-refractivity contribution < 1.29 is 9.53 Å². The first kappa shape index (κ1) is 17.5. The normalized spacial score (nSPS) is 10.3. The van der Waals surface area contributed by atoms with Crippen molar-refractivity contribution in [3.8, 4) is 11.4 Å². The second-order valence-electron chi connectivity index (χ2n) is 5.84. The standard InChI is InChI=1S/C20H22N4O2/c1-16-6-4-7-17(14-16)26-13-11-21-20(25)15-22-18-8-2-3-9-19(18)24-12-5-10-23-24/h2-10,12,14,22H,11,13,15H2,1H3,(H,21,25). The molecule has 0 atom stereocenters. The largest absolute Gasteiger partial charge is 0.492 e. The molecule has 1 heterocycles. The summed E-state index contributed by atoms with van der Waals surface area (Å²) >= 11 is 0. The van der Waals surface area contributed by atoms with Crippen LogP contribution in [-0.2, 0) is 4.79 Å². The van der Waals surface area contributed by atoms with Crippen LogP contribution in [0, 0.1) is 6.92 Å². The molecule has 0 spiro atoms. The fourth-order valence-electron chi connectivity index (χ4n) is 2.54. The van der Waals surface area contributed by atoms with Crippen molar-refractivity contribution in [3.05, 3.63) is 72.6 Å². The molecule has 6 heteroatoms. The van der Waals surface area contributed by atoms with E-state index in [1.807, 2.05) is 67.7 Å². The maximum Gasteiger partial charge on any atom is 0.239 e. The Bertz CT molecular complexity index is 847. The zero-order valence-corrected chi connectivity index (χ0v) is 14.7. The predicted octanol–water partition coefficient (Wildman–Crippen LogP) is 2.79. The Morgan fingerprint density at radius 1 is 1.15 bits per heavy atom. The van der Waals surface area contributed by atoms with Crippen molar-refractivity contribution in [2.75, 3.05) is 25.0 Å². The maximum atomic E-state index is 12.0. The lowest BCUT2D eigenvalue weighted by molar-refractivity contribution is -0.119. The quantitative estimate of drug-likeness (QED) is 0.613. The first-order valence-corrected chi connectivity index (χ1v) is 8.51. The molecular formula is C20H22N4O2. The first-order chi connectivity index (χ1) is 12.7. The summed E-state index contributed by atoms with van der Waals surface area (Å²) in [5.41, 5.74) is 2.89. The molecule has 3 rings (SSSR count). The van der Waals surface area contributed by atoms with E-state index in [0.29, 0.717) is 13.2 Å². The summed E-state index contributed by atoms with van der Waals surface area (Å²) in [6.45, 7) is 3.08. The van der Waals surface area contributed by atoms with Crippen molar-refractivity contribution in [3.63, 3.8) is 0 Å². The fourth-order valence-corrected chi connectivity index (χ4v) is 2.54. The number of ether oxygens (including phenoxy) is 1. The number of amides is 1. The summed E-state index contributed by atoms with van der Waals surface area (Å²) in [4.78, 5) is 12.0. The van der Waals surface area contributed by atoms with Gasteiger partial charge >= 0.3 is 0 Å². The van der Waals surface area contributed by atoms with Gasteiger partial charge in [-0.25, -0.2) is 4.68 Å². The smallest absolute Gasteiger partial charge is 0.239 e. The summed E-state index contributed by atoms with van der Waals surface area (Å²) in [7, 11) is 0. The van der Waals surface area contributed by atoms with Crippen LogP contribution >= 0.6 is 0 Å². The van der Waals surface area contributed by atoms with Gasteiger partial charge in [-0.1, -0.05) is 24.3 Å². The maximum absolute atomic E-state index is 12.0. The van der Waals surface area contributed by atoms with Gasteiger partial charge in [0.2, 0.25) is 5.91 Å². The van der Waals surface area contributed by atoms with Gasteiger partial charge in [-0.2, -0.15) is 5.10 Å². The van der Waals surface area contributed by atoms with Crippen molar-refractivity contribution in [2.24, 2.45) is 0 Å². The van der Waals surface area contributed by atoms with Crippen LogP contribution in [0.1, 0.15) is 5.56 Å². The summed E-state index contributed by atoms with van der Waals surface area (Å²) in [5, 5.41) is 10.2. The molecule has 1 aromatic heterocycles. The lowest BCUT2D eigenvalue weighted by atomic mass is 10.2. The summed E-state index contributed by atoms with van der Waals surface area (Å²) in [5.74, 6) is 0.721. The predicted molar refractivity (Wildman–Crippen MR) is 102 cm³/mol. The van der Waals surface area contributed by atoms with E-state index in [4.69, 9.17) is 4.74 Å². The third-order valence-corrected chi connectivity index (χ3v) is 3.78. The fraction of sp³-hybridized carbons (Fsp3) is 0.200. The summed E-state index contributed by atoms with van der Waals surface area (Å²) in [6, 6.07) is 17.4. The number of nitrogens with one attached hydrogen (secondary N) is 2. The number of carbonyl (C=O) groups excluding carboxylic acids is 1. The van der Waals surface area contributed by atoms with Crippen molar-refractivity contribution in [2.45, 2.75) is 6.92 Å². The molecule has 134 valence electrons. The van der Waals surface area contributed by atoms with E-state index in [2.05, 4.69) is 15.7 Å². The van der Waals surface area contributed by atoms with Crippen LogP contribution < -0.4 is 15.4 Å². The van der Waals surface area contributed by atoms with Crippen LogP contribution in [0.25, 0.3) is 5.69 Å². The van der Waals surface area contributed by atoms with Gasteiger partial charge in [-0.3, -0.25) is 4.79 Å². The van der Waals surface area contributed by atoms with Gasteiger partial charge in [-0.05, 0) is 42.8 Å². The molecule has 0 aliphatic heterocycles. The number of carbonyl (C=O) groups is 1. The molecule has 3 aromatic rings. The van der Waals surface area contributed by atoms with Crippen molar-refractivity contribution >= 4 is 11.6 Å². The highest BCUT2D eigenvalue weighted by Crippen LogP contribution is 2.18. The number of anilines is 1. The Morgan fingerprint density at radius 2 is 2.04 bits per heavy atom. The third-order valence-electron chi connectivity index (χ3n) is 3.78. The zero-order chi connectivity index (χ0) is 18.2. The van der Waals surface area contributed by atoms with Gasteiger partial charge in [-0.15, -0.1) is 0 Å². The van der Waals surface area contributed by atoms with Crippen LogP contribution in [0.15, 0.2) is 67.0 Å². The third kappa shape index (κ3) is 4.86. The highest BCUT2D eigenvalue weighted by molar-refractivity contribution is 5.81. The number of aromatic nitrogens is 2. The number of nitrogens with zero attached hydrogens (tertiary/aromatic N) is 2. The van der Waals surface area contributed by atoms with Crippen LogP contribution in [0.4, 0.5) is 5.69 Å². The number of aryl methyl sites for hydroxylation is 1. The molecule has 6 nitrogen and oxygen atoms in total. The van der Waals surface area contributed by atoms with Crippen LogP contribution in [0.2, 0.25) is 0 Å². The molecule has 0 saturated heterocycles. The average molecular weight is 350 g/mol. The topological polar surface area (TPSA) is 68.2 Å². The number of para-hydroxylation sites is 2. The Kier molecular flexibility index (Phi) is 5.88. The Hall–Kier alpha value is -3.28. The lowest BCUT2D eigenvalue weighted by Gasteiger charge is -2.12. The van der Waals surface area contributed by atoms with Crippen LogP contribution in [0.5, 0.6) is 5.75 Å². The number of hydrogen-bond acceptors (Lipinski definition) is 4. The number of benzene rings is 2. The summed E-state index contributed by atoms with van der Waals surface area (Å²) < 4.78 is 7.38. The van der Waals surface area contributed by atoms with Crippen molar-refractivity contribution in [1.29, 1.82) is 0 Å². The monoisotopic (exact) mass is 350 g/mol. The Labute approximate surface area is 152 Å². The molecule has 2 N–H and O–H groups in total. The van der Waals surface area contributed by atoms with Gasteiger partial charge in [0.25, 0.3) is 0 Å². The SMILES string of the molecule is Cc1cccc(OCCNC(=O)CNc2ccccc2-n2cccn2)c1. The van der Waals surface area contributed by atoms with Crippen molar-refractivity contribution in [1.82, 2.24) is 15.1 Å². The molecule has 0 fully saturated rings. The Balaban J connectivity index is 1.43. The molecule has 0 saturated carbocycles. The second kappa shape index (κ2) is 8.71. The number of rotatable bonds is 8. The Morgan fingerprint density at radius 3 is 2.85 bits per heavy atom. The molecule has 0 radical (unpaired) electrons. The molecule has 26 heavy (non-hydrogen) atoms. The molecule has 0 aliphatic carbocycles. The van der Waals surface area contributed by atoms with E-state index in [1.165, 1.54) is 0 Å². The molecular weight excluding hydrogens is 328 g/mol. The molecule has 2 aromatic carbocycles. The minimum Gasteiger partial charge on any atom is -0.492 e. The molecule has 0 aliphatic rings. The van der Waals surface area contributed by atoms with E-state index in [0.717, 1.165) is 22.7 Å². The van der Waals surface area contributed by atoms with Gasteiger partial charge in [0.15, 0.2) is 0 Å². The van der Waals surface area contributed by atoms with E-state index < -0.39 is 0 Å². The van der Waals surface area contributed by atoms with Gasteiger partial charge in [0, 0.05) is 12.4 Å². The van der Waals surface area contributed by atoms with Gasteiger partial charge in [0.1, 0.15) is 12.4 Å². The molecule has 1 amide bonds. The highest BCUT2D eigenvalue weighted by atomic mass is 16.5. The second-order valence-corrected chi connectivity index (χ2v) is 5.84. The molecule has 0 bridgehead atoms. The van der Waals surface area contributed by atoms with Crippen LogP contribution in [0.3, 0.4) is 0 Å². The van der Waals surface area contributed by atoms with Gasteiger partial charge in [0.05, 0.1) is 24.5 Å². The first-order valence-electron chi connectivity index (χ1n) is 8.51. The van der Waals surface area contributed by atoms with Crippen LogP contribution in [-0.4, -0.2) is 35.4 Å². The highest BCUT2D eigenvalue weighted by Gasteiger charge is 2.06. The van der Waals surface area contributed by atoms with E-state index in [1.54, 1.807) is 10.9 Å². The van der Waals surface area contributed by atoms with Gasteiger partial charge < -0.3 is 15.4 Å². The average Bonchev–Trinajstić information content (AvgIpc) is 3.18. The minimum atomic E-state index is -0.0897. The zero-order valence-electron chi connectivity index (χ0n) is 14.7. The van der Waals surface area contributed by atoms with E-state index >= 15 is 0 Å². The van der Waals surface area contributed by atoms with E-state index in [9.17, 15) is 4.79 Å². The van der Waals surface area contributed by atoms with E-state index in [-0.39, 0.29) is 12.5 Å². The lowest BCUT2D eigenvalue weighted by Crippen LogP contribution is -2.33. The summed E-state index contributed by atoms with van der Waals surface area (Å²) in [6.07, 6.45) is 3.58.